The summed E-state index contributed by atoms with van der Waals surface area (Å²) < 4.78 is 5.23. The summed E-state index contributed by atoms with van der Waals surface area (Å²) in [5, 5.41) is 19.5. The highest BCUT2D eigenvalue weighted by Gasteiger charge is 2.21. The molecule has 1 aromatic carbocycles. The average Bonchev–Trinajstić information content (AvgIpc) is 2.15. The first-order valence-corrected chi connectivity index (χ1v) is 5.36. The number of aromatic hydroxyl groups is 1. The van der Waals surface area contributed by atoms with Crippen LogP contribution in [-0.2, 0) is 5.41 Å². The van der Waals surface area contributed by atoms with Gasteiger partial charge in [0.05, 0.1) is 13.2 Å². The second-order valence-corrected chi connectivity index (χ2v) is 5.04. The van der Waals surface area contributed by atoms with Gasteiger partial charge in [-0.2, -0.15) is 0 Å². The maximum Gasteiger partial charge on any atom is 0.125 e. The van der Waals surface area contributed by atoms with Crippen LogP contribution in [0.3, 0.4) is 0 Å². The van der Waals surface area contributed by atoms with E-state index in [0.29, 0.717) is 11.3 Å². The van der Waals surface area contributed by atoms with E-state index in [1.54, 1.807) is 26.2 Å². The van der Waals surface area contributed by atoms with E-state index < -0.39 is 6.10 Å². The van der Waals surface area contributed by atoms with Gasteiger partial charge in [0, 0.05) is 11.1 Å². The molecule has 1 aromatic rings. The molecule has 0 radical (unpaired) electrons. The summed E-state index contributed by atoms with van der Waals surface area (Å²) in [6.45, 7) is 7.70. The van der Waals surface area contributed by atoms with Crippen molar-refractivity contribution in [1.82, 2.24) is 0 Å². The Kier molecular flexibility index (Phi) is 3.48. The molecule has 0 amide bonds. The Hall–Kier alpha value is -1.22. The molecule has 0 spiro atoms. The number of ether oxygens (including phenoxy) is 1. The molecule has 3 heteroatoms. The van der Waals surface area contributed by atoms with Gasteiger partial charge in [-0.1, -0.05) is 20.8 Å². The highest BCUT2D eigenvalue weighted by atomic mass is 16.5. The molecule has 0 aliphatic rings. The number of aliphatic hydroxyl groups excluding tert-OH is 1. The number of hydrogen-bond acceptors (Lipinski definition) is 3. The van der Waals surface area contributed by atoms with Gasteiger partial charge in [0.1, 0.15) is 11.5 Å². The zero-order valence-electron chi connectivity index (χ0n) is 10.5. The number of phenolic OH excluding ortho intramolecular Hbond substituents is 1. The van der Waals surface area contributed by atoms with Crippen LogP contribution < -0.4 is 4.74 Å². The van der Waals surface area contributed by atoms with Crippen molar-refractivity contribution in [2.45, 2.75) is 39.2 Å². The summed E-state index contributed by atoms with van der Waals surface area (Å²) in [6.07, 6.45) is -0.658. The van der Waals surface area contributed by atoms with Crippen LogP contribution in [0, 0.1) is 0 Å². The first kappa shape index (κ1) is 12.8. The molecule has 90 valence electrons. The van der Waals surface area contributed by atoms with Crippen molar-refractivity contribution in [1.29, 1.82) is 0 Å². The Bertz CT molecular complexity index is 375. The predicted molar refractivity (Wildman–Crippen MR) is 64.0 cm³/mol. The van der Waals surface area contributed by atoms with E-state index in [9.17, 15) is 10.2 Å². The van der Waals surface area contributed by atoms with E-state index in [1.165, 1.54) is 0 Å². The van der Waals surface area contributed by atoms with Crippen molar-refractivity contribution in [3.8, 4) is 11.5 Å². The molecule has 0 aliphatic carbocycles. The van der Waals surface area contributed by atoms with Gasteiger partial charge in [0.25, 0.3) is 0 Å². The second-order valence-electron chi connectivity index (χ2n) is 5.04. The Balaban J connectivity index is 3.37. The summed E-state index contributed by atoms with van der Waals surface area (Å²) in [6, 6.07) is 3.36. The lowest BCUT2D eigenvalue weighted by Gasteiger charge is -2.23. The van der Waals surface area contributed by atoms with Crippen LogP contribution in [0.15, 0.2) is 12.1 Å². The third kappa shape index (κ3) is 2.47. The smallest absolute Gasteiger partial charge is 0.125 e. The van der Waals surface area contributed by atoms with E-state index in [0.717, 1.165) is 5.56 Å². The van der Waals surface area contributed by atoms with Crippen LogP contribution in [-0.4, -0.2) is 17.3 Å². The number of phenols is 1. The highest BCUT2D eigenvalue weighted by Crippen LogP contribution is 2.37. The van der Waals surface area contributed by atoms with Crippen molar-refractivity contribution in [3.63, 3.8) is 0 Å². The number of hydrogen-bond donors (Lipinski definition) is 2. The molecule has 0 aromatic heterocycles. The first-order valence-electron chi connectivity index (χ1n) is 5.36. The Morgan fingerprint density at radius 3 is 2.19 bits per heavy atom. The van der Waals surface area contributed by atoms with Crippen molar-refractivity contribution in [2.24, 2.45) is 0 Å². The fourth-order valence-electron chi connectivity index (χ4n) is 1.69. The molecular weight excluding hydrogens is 204 g/mol. The highest BCUT2D eigenvalue weighted by molar-refractivity contribution is 5.49. The van der Waals surface area contributed by atoms with Crippen LogP contribution in [0.2, 0.25) is 0 Å². The van der Waals surface area contributed by atoms with Gasteiger partial charge < -0.3 is 14.9 Å². The monoisotopic (exact) mass is 224 g/mol. The lowest BCUT2D eigenvalue weighted by Crippen LogP contribution is -2.12. The quantitative estimate of drug-likeness (QED) is 0.812. The van der Waals surface area contributed by atoms with Gasteiger partial charge in [-0.15, -0.1) is 0 Å². The van der Waals surface area contributed by atoms with Crippen LogP contribution in [0.5, 0.6) is 11.5 Å². The molecule has 0 heterocycles. The lowest BCUT2D eigenvalue weighted by molar-refractivity contribution is 0.193. The minimum Gasteiger partial charge on any atom is -0.508 e. The number of rotatable bonds is 2. The fraction of sp³-hybridized carbons (Fsp3) is 0.538. The minimum absolute atomic E-state index is 0.158. The number of methoxy groups -OCH3 is 1. The Morgan fingerprint density at radius 2 is 1.81 bits per heavy atom. The second kappa shape index (κ2) is 4.34. The first-order chi connectivity index (χ1) is 7.27. The topological polar surface area (TPSA) is 49.7 Å². The van der Waals surface area contributed by atoms with Gasteiger partial charge >= 0.3 is 0 Å². The standard InChI is InChI=1S/C13H20O3/c1-8(14)9-6-11(15)10(13(2,3)4)7-12(9)16-5/h6-8,14-15H,1-5H3. The summed E-state index contributed by atoms with van der Waals surface area (Å²) in [4.78, 5) is 0. The zero-order valence-corrected chi connectivity index (χ0v) is 10.5. The van der Waals surface area contributed by atoms with Gasteiger partial charge in [0.15, 0.2) is 0 Å². The van der Waals surface area contributed by atoms with Gasteiger partial charge in [0.2, 0.25) is 0 Å². The van der Waals surface area contributed by atoms with Crippen LogP contribution in [0.4, 0.5) is 0 Å². The van der Waals surface area contributed by atoms with Crippen LogP contribution in [0.25, 0.3) is 0 Å². The minimum atomic E-state index is -0.658. The molecule has 0 aliphatic heterocycles. The Labute approximate surface area is 96.7 Å². The van der Waals surface area contributed by atoms with E-state index >= 15 is 0 Å². The van der Waals surface area contributed by atoms with E-state index in [2.05, 4.69) is 0 Å². The summed E-state index contributed by atoms with van der Waals surface area (Å²) >= 11 is 0. The number of aliphatic hydroxyl groups is 1. The van der Waals surface area contributed by atoms with Crippen molar-refractivity contribution >= 4 is 0 Å². The average molecular weight is 224 g/mol. The molecular formula is C13H20O3. The SMILES string of the molecule is COc1cc(C(C)(C)C)c(O)cc1C(C)O. The van der Waals surface area contributed by atoms with E-state index in [4.69, 9.17) is 4.74 Å². The predicted octanol–water partition coefficient (Wildman–Crippen LogP) is 2.75. The fourth-order valence-corrected chi connectivity index (χ4v) is 1.69. The largest absolute Gasteiger partial charge is 0.508 e. The molecule has 0 saturated carbocycles. The number of benzene rings is 1. The zero-order chi connectivity index (χ0) is 12.5. The molecule has 1 unspecified atom stereocenters. The van der Waals surface area contributed by atoms with Crippen LogP contribution >= 0.6 is 0 Å². The molecule has 16 heavy (non-hydrogen) atoms. The maximum atomic E-state index is 9.93. The van der Waals surface area contributed by atoms with Gasteiger partial charge in [-0.05, 0) is 24.5 Å². The van der Waals surface area contributed by atoms with Crippen LogP contribution in [0.1, 0.15) is 44.9 Å². The maximum absolute atomic E-state index is 9.93. The molecule has 1 rings (SSSR count). The van der Waals surface area contributed by atoms with Crippen molar-refractivity contribution < 1.29 is 14.9 Å². The lowest BCUT2D eigenvalue weighted by atomic mass is 9.85. The summed E-state index contributed by atoms with van der Waals surface area (Å²) in [5.74, 6) is 0.807. The third-order valence-corrected chi connectivity index (χ3v) is 2.61. The molecule has 0 saturated heterocycles. The normalized spacial score (nSPS) is 13.6. The molecule has 0 fully saturated rings. The van der Waals surface area contributed by atoms with Crippen molar-refractivity contribution in [3.05, 3.63) is 23.3 Å². The van der Waals surface area contributed by atoms with Crippen molar-refractivity contribution in [2.75, 3.05) is 7.11 Å². The third-order valence-electron chi connectivity index (χ3n) is 2.61. The molecule has 0 bridgehead atoms. The Morgan fingerprint density at radius 1 is 1.25 bits per heavy atom. The van der Waals surface area contributed by atoms with E-state index in [-0.39, 0.29) is 11.2 Å². The summed E-state index contributed by atoms with van der Waals surface area (Å²) in [7, 11) is 1.56. The molecule has 1 atom stereocenters. The van der Waals surface area contributed by atoms with Gasteiger partial charge in [-0.3, -0.25) is 0 Å². The molecule has 3 nitrogen and oxygen atoms in total. The summed E-state index contributed by atoms with van der Waals surface area (Å²) in [5.41, 5.74) is 1.26. The van der Waals surface area contributed by atoms with Gasteiger partial charge in [-0.25, -0.2) is 0 Å². The molecule has 2 N–H and O–H groups in total. The van der Waals surface area contributed by atoms with E-state index in [1.807, 2.05) is 20.8 Å².